The highest BCUT2D eigenvalue weighted by Crippen LogP contribution is 2.28. The fourth-order valence-corrected chi connectivity index (χ4v) is 3.66. The summed E-state index contributed by atoms with van der Waals surface area (Å²) in [4.78, 5) is 26.0. The summed E-state index contributed by atoms with van der Waals surface area (Å²) >= 11 is 0. The first-order chi connectivity index (χ1) is 13.0. The summed E-state index contributed by atoms with van der Waals surface area (Å²) < 4.78 is 10.6. The van der Waals surface area contributed by atoms with Gasteiger partial charge in [0.1, 0.15) is 6.10 Å². The Kier molecular flexibility index (Phi) is 6.08. The minimum Gasteiger partial charge on any atom is -0.504 e. The van der Waals surface area contributed by atoms with Crippen LogP contribution in [0.15, 0.2) is 18.2 Å². The molecule has 0 radical (unpaired) electrons. The van der Waals surface area contributed by atoms with Crippen LogP contribution in [0, 0.1) is 11.8 Å². The number of phenolic OH excluding ortho intramolecular Hbond substituents is 1. The molecule has 148 valence electrons. The number of aromatic hydroxyl groups is 1. The third-order valence-corrected chi connectivity index (χ3v) is 5.38. The first kappa shape index (κ1) is 19.3. The first-order valence-corrected chi connectivity index (χ1v) is 9.55. The molecule has 1 aliphatic heterocycles. The molecule has 0 aromatic heterocycles. The molecule has 27 heavy (non-hydrogen) atoms. The molecule has 1 heterocycles. The number of hydrogen-bond donors (Lipinski definition) is 2. The molecule has 1 saturated heterocycles. The second kappa shape index (κ2) is 8.50. The van der Waals surface area contributed by atoms with Crippen molar-refractivity contribution in [2.75, 3.05) is 20.2 Å². The van der Waals surface area contributed by atoms with Crippen molar-refractivity contribution in [3.63, 3.8) is 0 Å². The van der Waals surface area contributed by atoms with E-state index in [0.29, 0.717) is 31.3 Å². The fraction of sp³-hybridized carbons (Fsp3) is 0.600. The number of benzene rings is 1. The van der Waals surface area contributed by atoms with Crippen LogP contribution >= 0.6 is 0 Å². The number of rotatable bonds is 5. The second-order valence-electron chi connectivity index (χ2n) is 7.60. The van der Waals surface area contributed by atoms with Gasteiger partial charge < -0.3 is 24.8 Å². The molecule has 7 heteroatoms. The van der Waals surface area contributed by atoms with E-state index in [1.54, 1.807) is 17.0 Å². The van der Waals surface area contributed by atoms with E-state index in [0.717, 1.165) is 24.8 Å². The van der Waals surface area contributed by atoms with Crippen LogP contribution in [-0.2, 0) is 16.1 Å². The highest BCUT2D eigenvalue weighted by atomic mass is 16.6. The Balaban J connectivity index is 1.40. The van der Waals surface area contributed by atoms with Gasteiger partial charge in [-0.1, -0.05) is 19.4 Å². The average molecular weight is 376 g/mol. The number of carbonyl (C=O) groups is 2. The molecule has 2 aliphatic rings. The van der Waals surface area contributed by atoms with Crippen molar-refractivity contribution in [1.29, 1.82) is 0 Å². The molecule has 1 aliphatic carbocycles. The number of phenols is 1. The van der Waals surface area contributed by atoms with Crippen molar-refractivity contribution in [2.24, 2.45) is 11.8 Å². The van der Waals surface area contributed by atoms with E-state index < -0.39 is 0 Å². The zero-order valence-electron chi connectivity index (χ0n) is 15.9. The molecule has 0 unspecified atom stereocenters. The normalized spacial score (nSPS) is 22.7. The van der Waals surface area contributed by atoms with Gasteiger partial charge in [-0.3, -0.25) is 4.79 Å². The molecule has 0 spiro atoms. The quantitative estimate of drug-likeness (QED) is 0.825. The van der Waals surface area contributed by atoms with Gasteiger partial charge in [0.25, 0.3) is 0 Å². The van der Waals surface area contributed by atoms with E-state index in [1.807, 2.05) is 0 Å². The first-order valence-electron chi connectivity index (χ1n) is 9.55. The molecule has 2 N–H and O–H groups in total. The minimum absolute atomic E-state index is 0.0126. The van der Waals surface area contributed by atoms with Crippen LogP contribution in [0.4, 0.5) is 4.79 Å². The zero-order valence-corrected chi connectivity index (χ0v) is 15.9. The summed E-state index contributed by atoms with van der Waals surface area (Å²) in [5.41, 5.74) is 0.833. The van der Waals surface area contributed by atoms with Crippen LogP contribution < -0.4 is 10.1 Å². The largest absolute Gasteiger partial charge is 0.504 e. The number of amides is 2. The average Bonchev–Trinajstić information content (AvgIpc) is 2.59. The molecule has 2 fully saturated rings. The van der Waals surface area contributed by atoms with Crippen molar-refractivity contribution in [3.05, 3.63) is 23.8 Å². The monoisotopic (exact) mass is 376 g/mol. The maximum atomic E-state index is 12.3. The third kappa shape index (κ3) is 4.84. The van der Waals surface area contributed by atoms with Gasteiger partial charge in [-0.25, -0.2) is 4.79 Å². The molecule has 2 amide bonds. The Morgan fingerprint density at radius 2 is 2.07 bits per heavy atom. The topological polar surface area (TPSA) is 88.1 Å². The number of likely N-dealkylation sites (tertiary alicyclic amines) is 1. The standard InChI is InChI=1S/C20H28N2O5/c1-13-4-3-5-16(8-13)27-20(25)22-11-15(12-22)19(24)21-10-14-6-7-17(23)18(9-14)26-2/h6-7,9,13,15-16,23H,3-5,8,10-12H2,1-2H3,(H,21,24)/t13-,16-/m0/s1. The number of hydrogen-bond acceptors (Lipinski definition) is 5. The molecule has 1 aromatic carbocycles. The van der Waals surface area contributed by atoms with Crippen molar-refractivity contribution in [1.82, 2.24) is 10.2 Å². The molecule has 3 rings (SSSR count). The second-order valence-corrected chi connectivity index (χ2v) is 7.60. The fourth-order valence-electron chi connectivity index (χ4n) is 3.66. The van der Waals surface area contributed by atoms with E-state index in [-0.39, 0.29) is 29.8 Å². The van der Waals surface area contributed by atoms with Crippen LogP contribution in [0.5, 0.6) is 11.5 Å². The summed E-state index contributed by atoms with van der Waals surface area (Å²) in [5.74, 6) is 0.744. The highest BCUT2D eigenvalue weighted by molar-refractivity contribution is 5.82. The maximum Gasteiger partial charge on any atom is 0.410 e. The van der Waals surface area contributed by atoms with Gasteiger partial charge >= 0.3 is 6.09 Å². The van der Waals surface area contributed by atoms with Crippen LogP contribution in [-0.4, -0.2) is 48.3 Å². The van der Waals surface area contributed by atoms with Gasteiger partial charge in [0.2, 0.25) is 5.91 Å². The summed E-state index contributed by atoms with van der Waals surface area (Å²) in [7, 11) is 1.48. The van der Waals surface area contributed by atoms with Crippen LogP contribution in [0.25, 0.3) is 0 Å². The van der Waals surface area contributed by atoms with E-state index in [1.165, 1.54) is 19.6 Å². The number of methoxy groups -OCH3 is 1. The molecular weight excluding hydrogens is 348 g/mol. The van der Waals surface area contributed by atoms with E-state index in [4.69, 9.17) is 9.47 Å². The van der Waals surface area contributed by atoms with Crippen molar-refractivity contribution < 1.29 is 24.2 Å². The number of carbonyl (C=O) groups excluding carboxylic acids is 2. The summed E-state index contributed by atoms with van der Waals surface area (Å²) in [6.45, 7) is 3.32. The summed E-state index contributed by atoms with van der Waals surface area (Å²) in [5, 5.41) is 12.5. The zero-order chi connectivity index (χ0) is 19.4. The molecular formula is C20H28N2O5. The van der Waals surface area contributed by atoms with Gasteiger partial charge in [0.15, 0.2) is 11.5 Å². The predicted octanol–water partition coefficient (Wildman–Crippen LogP) is 2.66. The number of nitrogens with zero attached hydrogens (tertiary/aromatic N) is 1. The lowest BCUT2D eigenvalue weighted by molar-refractivity contribution is -0.129. The Hall–Kier alpha value is -2.44. The lowest BCUT2D eigenvalue weighted by atomic mass is 9.89. The lowest BCUT2D eigenvalue weighted by Gasteiger charge is -2.38. The molecule has 2 atom stereocenters. The van der Waals surface area contributed by atoms with Crippen LogP contribution in [0.3, 0.4) is 0 Å². The maximum absolute atomic E-state index is 12.3. The van der Waals surface area contributed by atoms with Crippen LogP contribution in [0.1, 0.15) is 38.2 Å². The Labute approximate surface area is 159 Å². The van der Waals surface area contributed by atoms with E-state index in [9.17, 15) is 14.7 Å². The van der Waals surface area contributed by atoms with Gasteiger partial charge in [-0.05, 0) is 42.9 Å². The van der Waals surface area contributed by atoms with Crippen molar-refractivity contribution in [3.8, 4) is 11.5 Å². The lowest BCUT2D eigenvalue weighted by Crippen LogP contribution is -2.56. The van der Waals surface area contributed by atoms with Crippen LogP contribution in [0.2, 0.25) is 0 Å². The minimum atomic E-state index is -0.304. The Morgan fingerprint density at radius 3 is 2.78 bits per heavy atom. The molecule has 0 bridgehead atoms. The number of ether oxygens (including phenoxy) is 2. The molecule has 1 saturated carbocycles. The summed E-state index contributed by atoms with van der Waals surface area (Å²) in [6, 6.07) is 4.95. The van der Waals surface area contributed by atoms with Gasteiger partial charge in [0.05, 0.1) is 13.0 Å². The van der Waals surface area contributed by atoms with Crippen molar-refractivity contribution >= 4 is 12.0 Å². The van der Waals surface area contributed by atoms with E-state index in [2.05, 4.69) is 12.2 Å². The van der Waals surface area contributed by atoms with E-state index >= 15 is 0 Å². The smallest absolute Gasteiger partial charge is 0.410 e. The Bertz CT molecular complexity index is 687. The molecule has 7 nitrogen and oxygen atoms in total. The van der Waals surface area contributed by atoms with Gasteiger partial charge in [0, 0.05) is 19.6 Å². The third-order valence-electron chi connectivity index (χ3n) is 5.38. The molecule has 1 aromatic rings. The number of nitrogens with one attached hydrogen (secondary N) is 1. The van der Waals surface area contributed by atoms with Gasteiger partial charge in [-0.2, -0.15) is 0 Å². The summed E-state index contributed by atoms with van der Waals surface area (Å²) in [6.07, 6.45) is 3.88. The SMILES string of the molecule is COc1cc(CNC(=O)C2CN(C(=O)O[C@H]3CCC[C@H](C)C3)C2)ccc1O. The Morgan fingerprint density at radius 1 is 1.30 bits per heavy atom. The highest BCUT2D eigenvalue weighted by Gasteiger charge is 2.37. The van der Waals surface area contributed by atoms with Crippen molar-refractivity contribution in [2.45, 2.75) is 45.3 Å². The van der Waals surface area contributed by atoms with Gasteiger partial charge in [-0.15, -0.1) is 0 Å². The predicted molar refractivity (Wildman–Crippen MR) is 99.5 cm³/mol.